The number of hydrogen-bond acceptors (Lipinski definition) is 6. The first-order valence-corrected chi connectivity index (χ1v) is 13.0. The number of fused-ring (bicyclic) bond motifs is 2. The normalized spacial score (nSPS) is 43.4. The van der Waals surface area contributed by atoms with Crippen molar-refractivity contribution >= 4 is 11.7 Å². The quantitative estimate of drug-likeness (QED) is 0.629. The molecule has 1 saturated carbocycles. The highest BCUT2D eigenvalue weighted by molar-refractivity contribution is 5.89. The average molecular weight is 490 g/mol. The lowest BCUT2D eigenvalue weighted by atomic mass is 9.58. The number of anilines is 1. The van der Waals surface area contributed by atoms with Gasteiger partial charge in [0, 0.05) is 50.1 Å². The van der Waals surface area contributed by atoms with Crippen LogP contribution in [0.25, 0.3) is 0 Å². The van der Waals surface area contributed by atoms with E-state index in [1.54, 1.807) is 17.0 Å². The molecule has 2 bridgehead atoms. The number of urea groups is 1. The van der Waals surface area contributed by atoms with Crippen molar-refractivity contribution in [2.45, 2.75) is 70.4 Å². The number of hydrogen-bond donors (Lipinski definition) is 1. The van der Waals surface area contributed by atoms with Crippen molar-refractivity contribution < 1.29 is 28.4 Å². The molecular formula is C26H36FN3O5. The number of carbonyl (C=O) groups excluding carboxylic acids is 1. The van der Waals surface area contributed by atoms with Crippen LogP contribution in [0.2, 0.25) is 0 Å². The molecule has 6 aliphatic rings. The van der Waals surface area contributed by atoms with Gasteiger partial charge in [0.2, 0.25) is 5.79 Å². The van der Waals surface area contributed by atoms with Gasteiger partial charge >= 0.3 is 6.03 Å². The second-order valence-electron chi connectivity index (χ2n) is 11.3. The molecule has 1 aliphatic carbocycles. The zero-order valence-electron chi connectivity index (χ0n) is 20.7. The summed E-state index contributed by atoms with van der Waals surface area (Å²) in [4.78, 5) is 29.1. The fourth-order valence-corrected chi connectivity index (χ4v) is 7.22. The topological polar surface area (TPSA) is 72.5 Å². The molecular weight excluding hydrogens is 453 g/mol. The first-order chi connectivity index (χ1) is 16.8. The van der Waals surface area contributed by atoms with Crippen LogP contribution in [0, 0.1) is 29.5 Å². The van der Waals surface area contributed by atoms with Crippen molar-refractivity contribution in [3.63, 3.8) is 0 Å². The van der Waals surface area contributed by atoms with Crippen LogP contribution in [0.5, 0.6) is 0 Å². The number of amides is 2. The molecule has 192 valence electrons. The molecule has 0 radical (unpaired) electrons. The molecule has 1 spiro atoms. The molecule has 9 heteroatoms. The van der Waals surface area contributed by atoms with Crippen LogP contribution in [-0.2, 0) is 19.2 Å². The molecule has 8 atom stereocenters. The van der Waals surface area contributed by atoms with Crippen LogP contribution < -0.4 is 5.32 Å². The number of halogens is 1. The van der Waals surface area contributed by atoms with E-state index < -0.39 is 17.7 Å². The van der Waals surface area contributed by atoms with Gasteiger partial charge in [-0.2, -0.15) is 0 Å². The van der Waals surface area contributed by atoms with Crippen molar-refractivity contribution in [3.8, 4) is 0 Å². The van der Waals surface area contributed by atoms with Gasteiger partial charge in [-0.1, -0.05) is 13.8 Å². The minimum absolute atomic E-state index is 0.0986. The minimum atomic E-state index is -0.778. The van der Waals surface area contributed by atoms with Gasteiger partial charge in [-0.3, -0.25) is 4.90 Å². The largest absolute Gasteiger partial charge is 0.331 e. The highest BCUT2D eigenvalue weighted by Gasteiger charge is 2.69. The van der Waals surface area contributed by atoms with Crippen LogP contribution >= 0.6 is 0 Å². The lowest BCUT2D eigenvalue weighted by Gasteiger charge is -2.61. The Morgan fingerprint density at radius 1 is 1.03 bits per heavy atom. The second kappa shape index (κ2) is 8.66. The van der Waals surface area contributed by atoms with Crippen LogP contribution in [0.15, 0.2) is 24.3 Å². The third-order valence-electron chi connectivity index (χ3n) is 9.18. The van der Waals surface area contributed by atoms with Gasteiger partial charge in [0.1, 0.15) is 12.0 Å². The molecule has 1 aromatic rings. The monoisotopic (exact) mass is 489 g/mol. The number of nitrogens with zero attached hydrogens (tertiary/aromatic N) is 2. The predicted molar refractivity (Wildman–Crippen MR) is 125 cm³/mol. The maximum Gasteiger partial charge on any atom is 0.321 e. The summed E-state index contributed by atoms with van der Waals surface area (Å²) in [5, 5.41) is 2.86. The lowest BCUT2D eigenvalue weighted by Crippen LogP contribution is -2.72. The van der Waals surface area contributed by atoms with Crippen LogP contribution in [0.1, 0.15) is 46.5 Å². The van der Waals surface area contributed by atoms with E-state index in [9.17, 15) is 9.18 Å². The van der Waals surface area contributed by atoms with Gasteiger partial charge in [-0.25, -0.2) is 19.0 Å². The van der Waals surface area contributed by atoms with E-state index in [1.807, 2.05) is 6.92 Å². The van der Waals surface area contributed by atoms with Gasteiger partial charge in [0.05, 0.1) is 0 Å². The van der Waals surface area contributed by atoms with Crippen molar-refractivity contribution in [3.05, 3.63) is 30.1 Å². The molecule has 6 fully saturated rings. The molecule has 2 amide bonds. The van der Waals surface area contributed by atoms with Gasteiger partial charge < -0.3 is 19.7 Å². The van der Waals surface area contributed by atoms with E-state index in [1.165, 1.54) is 18.6 Å². The third kappa shape index (κ3) is 3.87. The minimum Gasteiger partial charge on any atom is -0.331 e. The Balaban J connectivity index is 1.15. The summed E-state index contributed by atoms with van der Waals surface area (Å²) in [6.07, 6.45) is 3.52. The summed E-state index contributed by atoms with van der Waals surface area (Å²) in [5.74, 6) is 0.323. The Bertz CT molecular complexity index is 957. The summed E-state index contributed by atoms with van der Waals surface area (Å²) < 4.78 is 26.4. The molecule has 0 unspecified atom stereocenters. The molecule has 0 aromatic heterocycles. The average Bonchev–Trinajstić information content (AvgIpc) is 3.09. The highest BCUT2D eigenvalue weighted by Crippen LogP contribution is 2.60. The third-order valence-corrected chi connectivity index (χ3v) is 9.18. The summed E-state index contributed by atoms with van der Waals surface area (Å²) in [5.41, 5.74) is 0.0335. The summed E-state index contributed by atoms with van der Waals surface area (Å²) >= 11 is 0. The standard InChI is InChI=1S/C26H36FN3O5/c1-16-4-9-21-17(2)22(32-23-26(21)20(16)10-11-25(3,33-23)34-35-26)29-12-14-30(15-13-29)24(31)28-19-7-5-18(27)6-8-19/h5-8,16-17,20-23H,4,9-15H2,1-3H3,(H,28,31)/t16-,17-,20+,21+,22-,23-,25-,26-/m1/s1. The highest BCUT2D eigenvalue weighted by atomic mass is 19.1. The molecule has 5 saturated heterocycles. The summed E-state index contributed by atoms with van der Waals surface area (Å²) in [6, 6.07) is 5.66. The number of rotatable bonds is 2. The molecule has 1 aromatic carbocycles. The fourth-order valence-electron chi connectivity index (χ4n) is 7.22. The van der Waals surface area contributed by atoms with Gasteiger partial charge in [-0.05, 0) is 62.3 Å². The molecule has 5 heterocycles. The zero-order chi connectivity index (χ0) is 24.4. The Labute approximate surface area is 205 Å². The molecule has 1 N–H and O–H groups in total. The van der Waals surface area contributed by atoms with E-state index in [4.69, 9.17) is 19.2 Å². The van der Waals surface area contributed by atoms with Crippen LogP contribution in [0.4, 0.5) is 14.9 Å². The van der Waals surface area contributed by atoms with E-state index >= 15 is 0 Å². The van der Waals surface area contributed by atoms with Gasteiger partial charge in [0.15, 0.2) is 11.9 Å². The summed E-state index contributed by atoms with van der Waals surface area (Å²) in [7, 11) is 0. The number of ether oxygens (including phenoxy) is 2. The number of carbonyl (C=O) groups is 1. The summed E-state index contributed by atoms with van der Waals surface area (Å²) in [6.45, 7) is 9.16. The maximum absolute atomic E-state index is 13.2. The van der Waals surface area contributed by atoms with E-state index in [2.05, 4.69) is 24.1 Å². The SMILES string of the molecule is C[C@H]1[C@H](N2CCN(C(=O)Nc3ccc(F)cc3)CC2)O[C@@H]2O[C@@]3(C)CC[C@H]4[C@H](C)CC[C@@H]1[C@@]24OO3. The number of nitrogens with one attached hydrogen (secondary N) is 1. The number of piperazine rings is 1. The Kier molecular flexibility index (Phi) is 5.84. The van der Waals surface area contributed by atoms with Gasteiger partial charge in [-0.15, -0.1) is 0 Å². The maximum atomic E-state index is 13.2. The molecule has 8 nitrogen and oxygen atoms in total. The Morgan fingerprint density at radius 3 is 2.51 bits per heavy atom. The Morgan fingerprint density at radius 2 is 1.77 bits per heavy atom. The van der Waals surface area contributed by atoms with Crippen molar-refractivity contribution in [1.82, 2.24) is 9.80 Å². The van der Waals surface area contributed by atoms with Gasteiger partial charge in [0.25, 0.3) is 0 Å². The van der Waals surface area contributed by atoms with Crippen molar-refractivity contribution in [2.75, 3.05) is 31.5 Å². The second-order valence-corrected chi connectivity index (χ2v) is 11.3. The first kappa shape index (κ1) is 23.6. The fraction of sp³-hybridized carbons (Fsp3) is 0.731. The Hall–Kier alpha value is -1.78. The number of benzene rings is 1. The smallest absolute Gasteiger partial charge is 0.321 e. The van der Waals surface area contributed by atoms with E-state index in [0.717, 1.165) is 19.3 Å². The molecule has 35 heavy (non-hydrogen) atoms. The first-order valence-electron chi connectivity index (χ1n) is 13.0. The molecule has 5 aliphatic heterocycles. The van der Waals surface area contributed by atoms with E-state index in [0.29, 0.717) is 43.7 Å². The van der Waals surface area contributed by atoms with Crippen LogP contribution in [-0.4, -0.2) is 65.9 Å². The zero-order valence-corrected chi connectivity index (χ0v) is 20.7. The van der Waals surface area contributed by atoms with Crippen molar-refractivity contribution in [1.29, 1.82) is 0 Å². The van der Waals surface area contributed by atoms with E-state index in [-0.39, 0.29) is 29.9 Å². The molecule has 7 rings (SSSR count). The predicted octanol–water partition coefficient (Wildman–Crippen LogP) is 4.18. The van der Waals surface area contributed by atoms with Crippen LogP contribution in [0.3, 0.4) is 0 Å². The van der Waals surface area contributed by atoms with Crippen molar-refractivity contribution in [2.24, 2.45) is 23.7 Å². The lowest BCUT2D eigenvalue weighted by molar-refractivity contribution is -0.574.